The quantitative estimate of drug-likeness (QED) is 0.797. The summed E-state index contributed by atoms with van der Waals surface area (Å²) in [7, 11) is 0. The minimum absolute atomic E-state index is 0.0867. The van der Waals surface area contributed by atoms with Gasteiger partial charge < -0.3 is 4.90 Å². The second kappa shape index (κ2) is 4.76. The van der Waals surface area contributed by atoms with Gasteiger partial charge in [0.25, 0.3) is 5.91 Å². The molecule has 0 atom stereocenters. The zero-order valence-electron chi connectivity index (χ0n) is 9.25. The fourth-order valence-electron chi connectivity index (χ4n) is 1.65. The van der Waals surface area contributed by atoms with Crippen molar-refractivity contribution in [3.63, 3.8) is 0 Å². The van der Waals surface area contributed by atoms with Gasteiger partial charge in [-0.15, -0.1) is 0 Å². The Morgan fingerprint density at radius 1 is 1.50 bits per heavy atom. The van der Waals surface area contributed by atoms with Crippen LogP contribution in [0.15, 0.2) is 18.3 Å². The van der Waals surface area contributed by atoms with Gasteiger partial charge >= 0.3 is 6.18 Å². The van der Waals surface area contributed by atoms with Crippen molar-refractivity contribution in [2.75, 3.05) is 6.54 Å². The molecule has 0 N–H and O–H groups in total. The summed E-state index contributed by atoms with van der Waals surface area (Å²) in [5, 5.41) is 0.0867. The number of amides is 1. The fraction of sp³-hybridized carbons (Fsp3) is 0.455. The van der Waals surface area contributed by atoms with Crippen LogP contribution in [0.1, 0.15) is 23.2 Å². The number of pyridine rings is 1. The number of aromatic nitrogens is 1. The lowest BCUT2D eigenvalue weighted by atomic mass is 10.2. The minimum Gasteiger partial charge on any atom is -0.327 e. The molecule has 1 heterocycles. The molecule has 1 aliphatic carbocycles. The Labute approximate surface area is 107 Å². The summed E-state index contributed by atoms with van der Waals surface area (Å²) in [6, 6.07) is 2.32. The number of nitrogens with zero attached hydrogens (tertiary/aromatic N) is 2. The highest BCUT2D eigenvalue weighted by Crippen LogP contribution is 2.31. The largest absolute Gasteiger partial charge is 0.406 e. The maximum absolute atomic E-state index is 12.4. The molecule has 0 aromatic carbocycles. The Bertz CT molecular complexity index is 460. The van der Waals surface area contributed by atoms with E-state index in [9.17, 15) is 18.0 Å². The van der Waals surface area contributed by atoms with E-state index in [1.54, 1.807) is 0 Å². The van der Waals surface area contributed by atoms with Gasteiger partial charge in [-0.05, 0) is 25.0 Å². The number of halogens is 4. The van der Waals surface area contributed by atoms with Gasteiger partial charge in [0.1, 0.15) is 11.7 Å². The van der Waals surface area contributed by atoms with E-state index in [0.29, 0.717) is 12.8 Å². The second-order valence-corrected chi connectivity index (χ2v) is 4.53. The van der Waals surface area contributed by atoms with Crippen LogP contribution >= 0.6 is 11.6 Å². The highest BCUT2D eigenvalue weighted by atomic mass is 35.5. The van der Waals surface area contributed by atoms with Gasteiger partial charge in [-0.2, -0.15) is 13.2 Å². The maximum atomic E-state index is 12.4. The molecule has 1 amide bonds. The lowest BCUT2D eigenvalue weighted by Gasteiger charge is -2.23. The molecule has 3 nitrogen and oxygen atoms in total. The molecule has 0 saturated heterocycles. The van der Waals surface area contributed by atoms with E-state index < -0.39 is 18.6 Å². The monoisotopic (exact) mass is 278 g/mol. The summed E-state index contributed by atoms with van der Waals surface area (Å²) < 4.78 is 37.3. The first-order chi connectivity index (χ1) is 8.37. The molecule has 7 heteroatoms. The van der Waals surface area contributed by atoms with Crippen molar-refractivity contribution >= 4 is 17.5 Å². The van der Waals surface area contributed by atoms with Gasteiger partial charge in [-0.25, -0.2) is 4.98 Å². The summed E-state index contributed by atoms with van der Waals surface area (Å²) in [5.74, 6) is -0.654. The van der Waals surface area contributed by atoms with Crippen molar-refractivity contribution in [1.82, 2.24) is 9.88 Å². The van der Waals surface area contributed by atoms with Crippen LogP contribution in [0.2, 0.25) is 5.15 Å². The molecule has 0 radical (unpaired) electrons. The Morgan fingerprint density at radius 2 is 2.17 bits per heavy atom. The van der Waals surface area contributed by atoms with Gasteiger partial charge in [0, 0.05) is 17.8 Å². The van der Waals surface area contributed by atoms with Crippen molar-refractivity contribution in [1.29, 1.82) is 0 Å². The van der Waals surface area contributed by atoms with Crippen molar-refractivity contribution in [2.24, 2.45) is 0 Å². The van der Waals surface area contributed by atoms with Gasteiger partial charge in [-0.1, -0.05) is 11.6 Å². The molecule has 1 fully saturated rings. The number of carbonyl (C=O) groups excluding carboxylic acids is 1. The summed E-state index contributed by atoms with van der Waals surface area (Å²) in [5.41, 5.74) is 0.131. The van der Waals surface area contributed by atoms with Crippen LogP contribution in [0.3, 0.4) is 0 Å². The zero-order valence-corrected chi connectivity index (χ0v) is 10.0. The number of alkyl halides is 3. The summed E-state index contributed by atoms with van der Waals surface area (Å²) in [6.07, 6.45) is -1.87. The molecule has 0 aliphatic heterocycles. The molecule has 98 valence electrons. The van der Waals surface area contributed by atoms with Crippen LogP contribution in [0, 0.1) is 0 Å². The van der Waals surface area contributed by atoms with E-state index in [1.165, 1.54) is 18.3 Å². The van der Waals surface area contributed by atoms with Crippen molar-refractivity contribution in [2.45, 2.75) is 25.1 Å². The first-order valence-electron chi connectivity index (χ1n) is 5.36. The smallest absolute Gasteiger partial charge is 0.327 e. The zero-order chi connectivity index (χ0) is 13.3. The van der Waals surface area contributed by atoms with Gasteiger partial charge in [0.05, 0.1) is 0 Å². The molecule has 18 heavy (non-hydrogen) atoms. The third-order valence-electron chi connectivity index (χ3n) is 2.57. The fourth-order valence-corrected chi connectivity index (χ4v) is 1.82. The summed E-state index contributed by atoms with van der Waals surface area (Å²) in [6.45, 7) is -1.23. The highest BCUT2D eigenvalue weighted by molar-refractivity contribution is 6.29. The van der Waals surface area contributed by atoms with E-state index in [-0.39, 0.29) is 16.8 Å². The Balaban J connectivity index is 2.18. The normalized spacial score (nSPS) is 15.6. The number of carbonyl (C=O) groups is 1. The molecular weight excluding hydrogens is 269 g/mol. The minimum atomic E-state index is -4.39. The van der Waals surface area contributed by atoms with Crippen molar-refractivity contribution < 1.29 is 18.0 Å². The molecule has 0 bridgehead atoms. The molecule has 1 aliphatic rings. The van der Waals surface area contributed by atoms with Crippen LogP contribution in [0.25, 0.3) is 0 Å². The van der Waals surface area contributed by atoms with E-state index >= 15 is 0 Å². The Kier molecular flexibility index (Phi) is 3.47. The Hall–Kier alpha value is -1.30. The van der Waals surface area contributed by atoms with E-state index in [0.717, 1.165) is 4.90 Å². The molecule has 0 unspecified atom stereocenters. The average molecular weight is 279 g/mol. The third-order valence-corrected chi connectivity index (χ3v) is 2.78. The maximum Gasteiger partial charge on any atom is 0.406 e. The molecule has 1 aromatic rings. The standard InChI is InChI=1S/C11H10ClF3N2O/c12-9-5-7(3-4-16-9)10(18)17(8-1-2-8)6-11(13,14)15/h3-5,8H,1-2,6H2. The SMILES string of the molecule is O=C(c1ccnc(Cl)c1)N(CC(F)(F)F)C1CC1. The van der Waals surface area contributed by atoms with Crippen LogP contribution in [0.4, 0.5) is 13.2 Å². The Morgan fingerprint density at radius 3 is 2.67 bits per heavy atom. The molecular formula is C11H10ClF3N2O. The number of rotatable bonds is 3. The van der Waals surface area contributed by atoms with Crippen LogP contribution in [-0.4, -0.2) is 34.6 Å². The lowest BCUT2D eigenvalue weighted by molar-refractivity contribution is -0.141. The van der Waals surface area contributed by atoms with Crippen molar-refractivity contribution in [3.05, 3.63) is 29.0 Å². The summed E-state index contributed by atoms with van der Waals surface area (Å²) in [4.78, 5) is 16.5. The number of hydrogen-bond acceptors (Lipinski definition) is 2. The predicted octanol–water partition coefficient (Wildman–Crippen LogP) is 2.90. The lowest BCUT2D eigenvalue weighted by Crippen LogP contribution is -2.40. The first-order valence-corrected chi connectivity index (χ1v) is 5.74. The van der Waals surface area contributed by atoms with Crippen LogP contribution < -0.4 is 0 Å². The van der Waals surface area contributed by atoms with E-state index in [2.05, 4.69) is 4.98 Å². The summed E-state index contributed by atoms with van der Waals surface area (Å²) >= 11 is 5.62. The molecule has 0 spiro atoms. The second-order valence-electron chi connectivity index (χ2n) is 4.15. The highest BCUT2D eigenvalue weighted by Gasteiger charge is 2.40. The topological polar surface area (TPSA) is 33.2 Å². The third kappa shape index (κ3) is 3.35. The van der Waals surface area contributed by atoms with E-state index in [4.69, 9.17) is 11.6 Å². The van der Waals surface area contributed by atoms with Crippen LogP contribution in [0.5, 0.6) is 0 Å². The van der Waals surface area contributed by atoms with E-state index in [1.807, 2.05) is 0 Å². The van der Waals surface area contributed by atoms with Gasteiger partial charge in [0.2, 0.25) is 0 Å². The van der Waals surface area contributed by atoms with Crippen LogP contribution in [-0.2, 0) is 0 Å². The van der Waals surface area contributed by atoms with Gasteiger partial charge in [0.15, 0.2) is 0 Å². The molecule has 1 aromatic heterocycles. The average Bonchev–Trinajstić information content (AvgIpc) is 3.07. The van der Waals surface area contributed by atoms with Gasteiger partial charge in [-0.3, -0.25) is 4.79 Å². The predicted molar refractivity (Wildman–Crippen MR) is 59.4 cm³/mol. The first kappa shape index (κ1) is 13.1. The molecule has 2 rings (SSSR count). The number of hydrogen-bond donors (Lipinski definition) is 0. The van der Waals surface area contributed by atoms with Crippen molar-refractivity contribution in [3.8, 4) is 0 Å². The molecule has 1 saturated carbocycles.